The number of para-hydroxylation sites is 1. The second kappa shape index (κ2) is 7.34. The Kier molecular flexibility index (Phi) is 4.76. The van der Waals surface area contributed by atoms with Crippen LogP contribution in [0.1, 0.15) is 30.0 Å². The molecule has 1 aliphatic rings. The highest BCUT2D eigenvalue weighted by Crippen LogP contribution is 2.32. The van der Waals surface area contributed by atoms with Crippen LogP contribution in [0.4, 0.5) is 0 Å². The van der Waals surface area contributed by atoms with Crippen molar-refractivity contribution in [1.82, 2.24) is 9.88 Å². The lowest BCUT2D eigenvalue weighted by atomic mass is 9.89. The maximum absolute atomic E-state index is 12.1. The first-order valence-corrected chi connectivity index (χ1v) is 9.29. The molecule has 0 spiro atoms. The number of piperidine rings is 1. The molecule has 2 heterocycles. The summed E-state index contributed by atoms with van der Waals surface area (Å²) in [6, 6.07) is 17.9. The Hall–Kier alpha value is -2.59. The minimum absolute atomic E-state index is 0.580. The van der Waals surface area contributed by atoms with E-state index in [-0.39, 0.29) is 0 Å². The Balaban J connectivity index is 1.48. The number of benzene rings is 2. The average Bonchev–Trinajstić information content (AvgIpc) is 3.08. The van der Waals surface area contributed by atoms with Gasteiger partial charge in [0.2, 0.25) is 0 Å². The highest BCUT2D eigenvalue weighted by atomic mass is 16.4. The van der Waals surface area contributed by atoms with Gasteiger partial charge in [0.25, 0.3) is 0 Å². The number of likely N-dealkylation sites (tertiary alicyclic amines) is 1. The fraction of sp³-hybridized carbons (Fsp3) is 0.318. The minimum atomic E-state index is -0.767. The van der Waals surface area contributed by atoms with Crippen molar-refractivity contribution in [3.05, 3.63) is 71.9 Å². The molecule has 0 bridgehead atoms. The quantitative estimate of drug-likeness (QED) is 0.725. The molecule has 4 nitrogen and oxygen atoms in total. The summed E-state index contributed by atoms with van der Waals surface area (Å²) in [5.74, 6) is -0.137. The van der Waals surface area contributed by atoms with E-state index < -0.39 is 12.0 Å². The SMILES string of the molecule is O=C(O)[C@H](c1c[nH]c2ccccc12)N1CCC(Cc2ccccc2)CC1. The van der Waals surface area contributed by atoms with Crippen molar-refractivity contribution in [3.63, 3.8) is 0 Å². The Morgan fingerprint density at radius 3 is 2.50 bits per heavy atom. The predicted molar refractivity (Wildman–Crippen MR) is 103 cm³/mol. The third kappa shape index (κ3) is 3.37. The lowest BCUT2D eigenvalue weighted by Gasteiger charge is -2.35. The van der Waals surface area contributed by atoms with E-state index in [1.54, 1.807) is 0 Å². The van der Waals surface area contributed by atoms with E-state index in [9.17, 15) is 9.90 Å². The van der Waals surface area contributed by atoms with Crippen LogP contribution in [0.15, 0.2) is 60.8 Å². The molecule has 134 valence electrons. The van der Waals surface area contributed by atoms with Crippen LogP contribution in [0, 0.1) is 5.92 Å². The van der Waals surface area contributed by atoms with Crippen molar-refractivity contribution < 1.29 is 9.90 Å². The predicted octanol–water partition coefficient (Wildman–Crippen LogP) is 4.25. The fourth-order valence-corrected chi connectivity index (χ4v) is 4.17. The summed E-state index contributed by atoms with van der Waals surface area (Å²) in [6.07, 6.45) is 5.03. The normalized spacial score (nSPS) is 17.4. The first kappa shape index (κ1) is 16.9. The fourth-order valence-electron chi connectivity index (χ4n) is 4.17. The van der Waals surface area contributed by atoms with Crippen LogP contribution < -0.4 is 0 Å². The van der Waals surface area contributed by atoms with E-state index in [1.165, 1.54) is 5.56 Å². The summed E-state index contributed by atoms with van der Waals surface area (Å²) >= 11 is 0. The van der Waals surface area contributed by atoms with Gasteiger partial charge in [-0.1, -0.05) is 48.5 Å². The van der Waals surface area contributed by atoms with E-state index in [2.05, 4.69) is 34.1 Å². The van der Waals surface area contributed by atoms with Crippen LogP contribution in [0.5, 0.6) is 0 Å². The van der Waals surface area contributed by atoms with E-state index in [0.29, 0.717) is 5.92 Å². The highest BCUT2D eigenvalue weighted by molar-refractivity contribution is 5.89. The van der Waals surface area contributed by atoms with Crippen LogP contribution in [0.25, 0.3) is 10.9 Å². The summed E-state index contributed by atoms with van der Waals surface area (Å²) in [5.41, 5.74) is 3.24. The number of rotatable bonds is 5. The Labute approximate surface area is 153 Å². The Morgan fingerprint density at radius 1 is 1.08 bits per heavy atom. The van der Waals surface area contributed by atoms with Gasteiger partial charge >= 0.3 is 5.97 Å². The maximum Gasteiger partial charge on any atom is 0.325 e. The molecule has 1 aliphatic heterocycles. The highest BCUT2D eigenvalue weighted by Gasteiger charge is 2.32. The standard InChI is InChI=1S/C22H24N2O2/c25-22(26)21(19-15-23-20-9-5-4-8-18(19)20)24-12-10-17(11-13-24)14-16-6-2-1-3-7-16/h1-9,15,17,21,23H,10-14H2,(H,25,26)/t21-/m0/s1. The maximum atomic E-state index is 12.1. The molecule has 26 heavy (non-hydrogen) atoms. The summed E-state index contributed by atoms with van der Waals surface area (Å²) in [5, 5.41) is 10.9. The largest absolute Gasteiger partial charge is 0.480 e. The number of hydrogen-bond donors (Lipinski definition) is 2. The Bertz CT molecular complexity index is 879. The van der Waals surface area contributed by atoms with Gasteiger partial charge in [0.05, 0.1) is 0 Å². The topological polar surface area (TPSA) is 56.3 Å². The number of nitrogens with zero attached hydrogens (tertiary/aromatic N) is 1. The van der Waals surface area contributed by atoms with E-state index in [4.69, 9.17) is 0 Å². The first-order chi connectivity index (χ1) is 12.7. The van der Waals surface area contributed by atoms with Gasteiger partial charge in [0.1, 0.15) is 6.04 Å². The number of aliphatic carboxylic acids is 1. The molecule has 4 rings (SSSR count). The molecular formula is C22H24N2O2. The summed E-state index contributed by atoms with van der Waals surface area (Å²) < 4.78 is 0. The monoisotopic (exact) mass is 348 g/mol. The molecule has 0 aliphatic carbocycles. The summed E-state index contributed by atoms with van der Waals surface area (Å²) in [6.45, 7) is 1.65. The molecule has 4 heteroatoms. The molecule has 2 aromatic carbocycles. The van der Waals surface area contributed by atoms with Gasteiger partial charge in [-0.05, 0) is 49.9 Å². The number of aromatic nitrogens is 1. The van der Waals surface area contributed by atoms with Crippen LogP contribution in [0.3, 0.4) is 0 Å². The van der Waals surface area contributed by atoms with Crippen LogP contribution >= 0.6 is 0 Å². The number of H-pyrrole nitrogens is 1. The van der Waals surface area contributed by atoms with E-state index in [0.717, 1.165) is 48.8 Å². The Morgan fingerprint density at radius 2 is 1.77 bits per heavy atom. The molecule has 1 saturated heterocycles. The van der Waals surface area contributed by atoms with Crippen molar-refractivity contribution in [2.24, 2.45) is 5.92 Å². The number of hydrogen-bond acceptors (Lipinski definition) is 2. The molecule has 0 radical (unpaired) electrons. The van der Waals surface area contributed by atoms with Crippen LogP contribution in [-0.2, 0) is 11.2 Å². The summed E-state index contributed by atoms with van der Waals surface area (Å²) in [7, 11) is 0. The number of aromatic amines is 1. The number of fused-ring (bicyclic) bond motifs is 1. The number of carboxylic acids is 1. The van der Waals surface area contributed by atoms with Crippen LogP contribution in [0.2, 0.25) is 0 Å². The zero-order valence-electron chi connectivity index (χ0n) is 14.8. The molecule has 2 N–H and O–H groups in total. The number of carbonyl (C=O) groups is 1. The van der Waals surface area contributed by atoms with Gasteiger partial charge < -0.3 is 10.1 Å². The molecular weight excluding hydrogens is 324 g/mol. The van der Waals surface area contributed by atoms with Gasteiger partial charge in [-0.2, -0.15) is 0 Å². The van der Waals surface area contributed by atoms with Gasteiger partial charge in [0.15, 0.2) is 0 Å². The average molecular weight is 348 g/mol. The smallest absolute Gasteiger partial charge is 0.325 e. The van der Waals surface area contributed by atoms with Gasteiger partial charge in [0, 0.05) is 22.7 Å². The van der Waals surface area contributed by atoms with E-state index >= 15 is 0 Å². The van der Waals surface area contributed by atoms with Crippen molar-refractivity contribution in [1.29, 1.82) is 0 Å². The van der Waals surface area contributed by atoms with Crippen molar-refractivity contribution in [3.8, 4) is 0 Å². The number of nitrogens with one attached hydrogen (secondary N) is 1. The molecule has 3 aromatic rings. The van der Waals surface area contributed by atoms with Crippen molar-refractivity contribution in [2.75, 3.05) is 13.1 Å². The summed E-state index contributed by atoms with van der Waals surface area (Å²) in [4.78, 5) is 17.4. The van der Waals surface area contributed by atoms with Gasteiger partial charge in [-0.3, -0.25) is 9.69 Å². The molecule has 1 fully saturated rings. The van der Waals surface area contributed by atoms with Crippen molar-refractivity contribution in [2.45, 2.75) is 25.3 Å². The second-order valence-corrected chi connectivity index (χ2v) is 7.20. The van der Waals surface area contributed by atoms with Crippen LogP contribution in [-0.4, -0.2) is 34.0 Å². The second-order valence-electron chi connectivity index (χ2n) is 7.20. The molecule has 1 atom stereocenters. The number of carboxylic acid groups (broad SMARTS) is 1. The zero-order valence-corrected chi connectivity index (χ0v) is 14.8. The molecule has 0 saturated carbocycles. The minimum Gasteiger partial charge on any atom is -0.480 e. The zero-order chi connectivity index (χ0) is 17.9. The molecule has 0 unspecified atom stereocenters. The molecule has 0 amide bonds. The lowest BCUT2D eigenvalue weighted by molar-refractivity contribution is -0.144. The molecule has 1 aromatic heterocycles. The van der Waals surface area contributed by atoms with E-state index in [1.807, 2.05) is 36.5 Å². The van der Waals surface area contributed by atoms with Crippen molar-refractivity contribution >= 4 is 16.9 Å². The third-order valence-corrected chi connectivity index (χ3v) is 5.53. The lowest BCUT2D eigenvalue weighted by Crippen LogP contribution is -2.40. The van der Waals surface area contributed by atoms with Gasteiger partial charge in [-0.15, -0.1) is 0 Å². The van der Waals surface area contributed by atoms with Gasteiger partial charge in [-0.25, -0.2) is 0 Å². The third-order valence-electron chi connectivity index (χ3n) is 5.53. The first-order valence-electron chi connectivity index (χ1n) is 9.29.